The number of aromatic hydroxyl groups is 1. The van der Waals surface area contributed by atoms with E-state index in [1.807, 2.05) is 17.5 Å². The highest BCUT2D eigenvalue weighted by Gasteiger charge is 2.23. The number of hydrogen-bond donors (Lipinski definition) is 2. The molecule has 3 rings (SSSR count). The first kappa shape index (κ1) is 11.2. The van der Waals surface area contributed by atoms with E-state index in [-0.39, 0.29) is 17.6 Å². The van der Waals surface area contributed by atoms with Gasteiger partial charge in [-0.05, 0) is 29.6 Å². The van der Waals surface area contributed by atoms with Crippen molar-refractivity contribution in [3.05, 3.63) is 52.0 Å². The molecule has 92 valence electrons. The number of nitrogens with one attached hydrogen (secondary N) is 1. The minimum atomic E-state index is -0.370. The van der Waals surface area contributed by atoms with Crippen molar-refractivity contribution in [2.45, 2.75) is 12.5 Å². The summed E-state index contributed by atoms with van der Waals surface area (Å²) < 4.78 is 13.2. The lowest BCUT2D eigenvalue weighted by Gasteiger charge is -2.07. The maximum absolute atomic E-state index is 13.2. The summed E-state index contributed by atoms with van der Waals surface area (Å²) in [6, 6.07) is 8.03. The van der Waals surface area contributed by atoms with Gasteiger partial charge in [0.05, 0.1) is 11.8 Å². The van der Waals surface area contributed by atoms with Crippen LogP contribution in [0.4, 0.5) is 4.39 Å². The molecular formula is C13H11FN2OS. The number of hydrogen-bond acceptors (Lipinski definition) is 4. The summed E-state index contributed by atoms with van der Waals surface area (Å²) in [6.45, 7) is 0. The first-order valence-corrected chi connectivity index (χ1v) is 6.46. The number of phenols is 1. The van der Waals surface area contributed by atoms with Gasteiger partial charge in [-0.3, -0.25) is 0 Å². The second-order valence-corrected chi connectivity index (χ2v) is 5.10. The van der Waals surface area contributed by atoms with E-state index in [2.05, 4.69) is 10.5 Å². The molecule has 0 radical (unpaired) electrons. The summed E-state index contributed by atoms with van der Waals surface area (Å²) in [5, 5.41) is 15.9. The Morgan fingerprint density at radius 1 is 1.39 bits per heavy atom. The fraction of sp³-hybridized carbons (Fsp3) is 0.154. The number of benzene rings is 1. The van der Waals surface area contributed by atoms with Crippen molar-refractivity contribution in [1.82, 2.24) is 5.43 Å². The SMILES string of the molecule is Oc1ccc(F)cc1C1=NN[C@H](c2cccs2)C1. The Kier molecular flexibility index (Phi) is 2.76. The molecule has 0 bridgehead atoms. The van der Waals surface area contributed by atoms with Crippen LogP contribution in [-0.4, -0.2) is 10.8 Å². The summed E-state index contributed by atoms with van der Waals surface area (Å²) in [4.78, 5) is 1.18. The third kappa shape index (κ3) is 1.97. The molecule has 1 atom stereocenters. The summed E-state index contributed by atoms with van der Waals surface area (Å²) >= 11 is 1.65. The van der Waals surface area contributed by atoms with Crippen LogP contribution >= 0.6 is 11.3 Å². The van der Waals surface area contributed by atoms with Gasteiger partial charge in [0, 0.05) is 16.9 Å². The maximum atomic E-state index is 13.2. The molecule has 1 aliphatic heterocycles. The Balaban J connectivity index is 1.85. The maximum Gasteiger partial charge on any atom is 0.124 e. The molecule has 1 aromatic heterocycles. The number of nitrogens with zero attached hydrogens (tertiary/aromatic N) is 1. The van der Waals surface area contributed by atoms with Crippen molar-refractivity contribution < 1.29 is 9.50 Å². The van der Waals surface area contributed by atoms with Crippen molar-refractivity contribution in [3.8, 4) is 5.75 Å². The van der Waals surface area contributed by atoms with Gasteiger partial charge in [-0.2, -0.15) is 5.10 Å². The first-order valence-electron chi connectivity index (χ1n) is 5.58. The highest BCUT2D eigenvalue weighted by molar-refractivity contribution is 7.10. The van der Waals surface area contributed by atoms with Crippen LogP contribution in [0.15, 0.2) is 40.8 Å². The Hall–Kier alpha value is -1.88. The van der Waals surface area contributed by atoms with Crippen LogP contribution < -0.4 is 5.43 Å². The summed E-state index contributed by atoms with van der Waals surface area (Å²) in [5.41, 5.74) is 4.16. The highest BCUT2D eigenvalue weighted by Crippen LogP contribution is 2.30. The van der Waals surface area contributed by atoms with Crippen LogP contribution in [0.1, 0.15) is 22.9 Å². The molecule has 0 spiro atoms. The minimum Gasteiger partial charge on any atom is -0.507 e. The van der Waals surface area contributed by atoms with Gasteiger partial charge in [-0.15, -0.1) is 11.3 Å². The number of halogens is 1. The normalized spacial score (nSPS) is 18.5. The molecule has 0 saturated heterocycles. The van der Waals surface area contributed by atoms with Crippen molar-refractivity contribution in [2.75, 3.05) is 0 Å². The second kappa shape index (κ2) is 4.42. The molecule has 18 heavy (non-hydrogen) atoms. The van der Waals surface area contributed by atoms with Gasteiger partial charge in [0.2, 0.25) is 0 Å². The molecule has 2 heterocycles. The Morgan fingerprint density at radius 3 is 3.06 bits per heavy atom. The van der Waals surface area contributed by atoms with Gasteiger partial charge >= 0.3 is 0 Å². The van der Waals surface area contributed by atoms with Gasteiger partial charge in [-0.25, -0.2) is 4.39 Å². The minimum absolute atomic E-state index is 0.0591. The van der Waals surface area contributed by atoms with E-state index >= 15 is 0 Å². The van der Waals surface area contributed by atoms with E-state index in [0.29, 0.717) is 17.7 Å². The van der Waals surface area contributed by atoms with E-state index in [1.54, 1.807) is 11.3 Å². The lowest BCUT2D eigenvalue weighted by Crippen LogP contribution is -2.07. The van der Waals surface area contributed by atoms with Gasteiger partial charge in [0.25, 0.3) is 0 Å². The van der Waals surface area contributed by atoms with Crippen LogP contribution in [0.5, 0.6) is 5.75 Å². The lowest BCUT2D eigenvalue weighted by atomic mass is 10.0. The Morgan fingerprint density at radius 2 is 2.28 bits per heavy atom. The lowest BCUT2D eigenvalue weighted by molar-refractivity contribution is 0.471. The molecule has 3 nitrogen and oxygen atoms in total. The quantitative estimate of drug-likeness (QED) is 0.873. The topological polar surface area (TPSA) is 44.6 Å². The zero-order valence-corrected chi connectivity index (χ0v) is 10.2. The first-order chi connectivity index (χ1) is 8.74. The molecule has 2 N–H and O–H groups in total. The third-order valence-corrected chi connectivity index (χ3v) is 3.89. The van der Waals surface area contributed by atoms with Gasteiger partial charge in [-0.1, -0.05) is 6.07 Å². The van der Waals surface area contributed by atoms with Crippen LogP contribution in [0.25, 0.3) is 0 Å². The predicted molar refractivity (Wildman–Crippen MR) is 69.4 cm³/mol. The molecule has 2 aromatic rings. The summed E-state index contributed by atoms with van der Waals surface area (Å²) in [7, 11) is 0. The molecule has 0 unspecified atom stereocenters. The predicted octanol–water partition coefficient (Wildman–Crippen LogP) is 3.03. The fourth-order valence-corrected chi connectivity index (χ4v) is 2.78. The average Bonchev–Trinajstić information content (AvgIpc) is 3.00. The van der Waals surface area contributed by atoms with E-state index in [0.717, 1.165) is 0 Å². The zero-order chi connectivity index (χ0) is 12.5. The van der Waals surface area contributed by atoms with E-state index < -0.39 is 0 Å². The molecule has 1 aromatic carbocycles. The standard InChI is InChI=1S/C13H11FN2OS/c14-8-3-4-12(17)9(6-8)10-7-11(16-15-10)13-2-1-5-18-13/h1-6,11,16-17H,7H2/t11-/m0/s1. The van der Waals surface area contributed by atoms with Crippen LogP contribution in [-0.2, 0) is 0 Å². The van der Waals surface area contributed by atoms with E-state index in [9.17, 15) is 9.50 Å². The van der Waals surface area contributed by atoms with Gasteiger partial charge < -0.3 is 10.5 Å². The molecule has 0 aliphatic carbocycles. The van der Waals surface area contributed by atoms with Crippen molar-refractivity contribution in [1.29, 1.82) is 0 Å². The molecule has 0 fully saturated rings. The largest absolute Gasteiger partial charge is 0.507 e. The fourth-order valence-electron chi connectivity index (χ4n) is 2.00. The monoisotopic (exact) mass is 262 g/mol. The van der Waals surface area contributed by atoms with E-state index in [4.69, 9.17) is 0 Å². The number of rotatable bonds is 2. The Bertz CT molecular complexity index is 595. The van der Waals surface area contributed by atoms with Crippen LogP contribution in [0.3, 0.4) is 0 Å². The van der Waals surface area contributed by atoms with Crippen molar-refractivity contribution in [2.24, 2.45) is 5.10 Å². The summed E-state index contributed by atoms with van der Waals surface area (Å²) in [5.74, 6) is -0.311. The molecule has 1 aliphatic rings. The number of thiophene rings is 1. The van der Waals surface area contributed by atoms with Crippen molar-refractivity contribution >= 4 is 17.0 Å². The average molecular weight is 262 g/mol. The van der Waals surface area contributed by atoms with Crippen LogP contribution in [0.2, 0.25) is 0 Å². The smallest absolute Gasteiger partial charge is 0.124 e. The number of phenolic OH excluding ortho intramolecular Hbond substituents is 1. The van der Waals surface area contributed by atoms with Crippen LogP contribution in [0, 0.1) is 5.82 Å². The molecule has 0 amide bonds. The molecular weight excluding hydrogens is 251 g/mol. The van der Waals surface area contributed by atoms with Crippen molar-refractivity contribution in [3.63, 3.8) is 0 Å². The molecule has 0 saturated carbocycles. The van der Waals surface area contributed by atoms with Gasteiger partial charge in [0.1, 0.15) is 11.6 Å². The third-order valence-electron chi connectivity index (χ3n) is 2.91. The Labute approximate surface area is 108 Å². The summed E-state index contributed by atoms with van der Waals surface area (Å²) in [6.07, 6.45) is 0.650. The number of hydrazone groups is 1. The second-order valence-electron chi connectivity index (χ2n) is 4.12. The van der Waals surface area contributed by atoms with Gasteiger partial charge in [0.15, 0.2) is 0 Å². The van der Waals surface area contributed by atoms with E-state index in [1.165, 1.54) is 23.1 Å². The zero-order valence-electron chi connectivity index (χ0n) is 9.43. The highest BCUT2D eigenvalue weighted by atomic mass is 32.1. The molecule has 5 heteroatoms.